The van der Waals surface area contributed by atoms with E-state index in [9.17, 15) is 0 Å². The maximum absolute atomic E-state index is 2.34. The van der Waals surface area contributed by atoms with E-state index in [1.807, 2.05) is 0 Å². The number of hydrogen-bond acceptors (Lipinski definition) is 0. The van der Waals surface area contributed by atoms with Crippen molar-refractivity contribution in [1.82, 2.24) is 0 Å². The smallest absolute Gasteiger partial charge is 0.00266 e. The Morgan fingerprint density at radius 1 is 0.267 bits per heavy atom. The summed E-state index contributed by atoms with van der Waals surface area (Å²) in [5, 5.41) is 15.8. The first-order chi connectivity index (χ1) is 14.9. The zero-order chi connectivity index (χ0) is 19.7. The molecule has 0 radical (unpaired) electrons. The predicted molar refractivity (Wildman–Crippen MR) is 131 cm³/mol. The van der Waals surface area contributed by atoms with Crippen LogP contribution in [0.1, 0.15) is 0 Å². The molecule has 0 saturated heterocycles. The largest absolute Gasteiger partial charge is 0.0616 e. The summed E-state index contributed by atoms with van der Waals surface area (Å²) in [5.74, 6) is 0. The molecule has 7 rings (SSSR count). The molecule has 0 amide bonds. The van der Waals surface area contributed by atoms with E-state index in [2.05, 4.69) is 109 Å². The molecule has 0 atom stereocenters. The Bertz CT molecular complexity index is 1790. The minimum absolute atomic E-state index is 1.29. The van der Waals surface area contributed by atoms with Crippen LogP contribution >= 0.6 is 0 Å². The molecule has 0 heterocycles. The van der Waals surface area contributed by atoms with Gasteiger partial charge in [-0.3, -0.25) is 0 Å². The van der Waals surface area contributed by atoms with Gasteiger partial charge >= 0.3 is 0 Å². The molecule has 0 aromatic heterocycles. The number of rotatable bonds is 0. The van der Waals surface area contributed by atoms with Gasteiger partial charge in [0.05, 0.1) is 0 Å². The van der Waals surface area contributed by atoms with E-state index in [4.69, 9.17) is 0 Å². The first-order valence-electron chi connectivity index (χ1n) is 10.5. The van der Waals surface area contributed by atoms with Gasteiger partial charge in [0.1, 0.15) is 0 Å². The summed E-state index contributed by atoms with van der Waals surface area (Å²) in [6, 6.07) is 40.2. The third kappa shape index (κ3) is 2.11. The van der Waals surface area contributed by atoms with Crippen molar-refractivity contribution >= 4 is 64.6 Å². The van der Waals surface area contributed by atoms with Crippen molar-refractivity contribution in [2.45, 2.75) is 0 Å². The molecule has 7 aromatic rings. The molecule has 0 aliphatic heterocycles. The molecular weight excluding hydrogens is 360 g/mol. The van der Waals surface area contributed by atoms with Crippen LogP contribution in [0.25, 0.3) is 64.6 Å². The molecule has 138 valence electrons. The van der Waals surface area contributed by atoms with Crippen LogP contribution in [0.15, 0.2) is 109 Å². The van der Waals surface area contributed by atoms with E-state index in [1.54, 1.807) is 0 Å². The maximum Gasteiger partial charge on any atom is -0.00266 e. The van der Waals surface area contributed by atoms with E-state index in [1.165, 1.54) is 64.6 Å². The summed E-state index contributed by atoms with van der Waals surface area (Å²) in [7, 11) is 0. The van der Waals surface area contributed by atoms with E-state index in [-0.39, 0.29) is 0 Å². The molecule has 0 N–H and O–H groups in total. The van der Waals surface area contributed by atoms with Crippen molar-refractivity contribution in [3.8, 4) is 0 Å². The second-order valence-corrected chi connectivity index (χ2v) is 8.19. The van der Waals surface area contributed by atoms with E-state index in [0.29, 0.717) is 0 Å². The number of benzene rings is 7. The van der Waals surface area contributed by atoms with E-state index < -0.39 is 0 Å². The van der Waals surface area contributed by atoms with Gasteiger partial charge in [-0.05, 0) is 76.8 Å². The summed E-state index contributed by atoms with van der Waals surface area (Å²) in [6.07, 6.45) is 0. The number of fused-ring (bicyclic) bond motifs is 10. The van der Waals surface area contributed by atoms with Crippen LogP contribution in [-0.4, -0.2) is 0 Å². The molecule has 0 aliphatic carbocycles. The molecule has 0 fully saturated rings. The third-order valence-electron chi connectivity index (χ3n) is 6.58. The van der Waals surface area contributed by atoms with Crippen LogP contribution in [0, 0.1) is 0 Å². The predicted octanol–water partition coefficient (Wildman–Crippen LogP) is 8.61. The van der Waals surface area contributed by atoms with E-state index >= 15 is 0 Å². The van der Waals surface area contributed by atoms with Gasteiger partial charge in [0.2, 0.25) is 0 Å². The standard InChI is InChI=1S/C30H18/c1-2-7-22-18-29-23(17-21(22)6-1)12-14-25-26-13-11-20-10-9-19-5-3-4-8-24(19)30(20)28(26)16-15-27(25)29/h1-18H. The Kier molecular flexibility index (Phi) is 3.09. The van der Waals surface area contributed by atoms with Crippen LogP contribution in [-0.2, 0) is 0 Å². The van der Waals surface area contributed by atoms with Gasteiger partial charge in [0.15, 0.2) is 0 Å². The molecule has 30 heavy (non-hydrogen) atoms. The Balaban J connectivity index is 1.67. The Morgan fingerprint density at radius 3 is 1.67 bits per heavy atom. The highest BCUT2D eigenvalue weighted by atomic mass is 14.1. The highest BCUT2D eigenvalue weighted by Crippen LogP contribution is 2.38. The van der Waals surface area contributed by atoms with Crippen LogP contribution in [0.5, 0.6) is 0 Å². The summed E-state index contributed by atoms with van der Waals surface area (Å²) in [6.45, 7) is 0. The monoisotopic (exact) mass is 378 g/mol. The summed E-state index contributed by atoms with van der Waals surface area (Å²) < 4.78 is 0. The first kappa shape index (κ1) is 16.0. The van der Waals surface area contributed by atoms with Gasteiger partial charge in [-0.25, -0.2) is 0 Å². The van der Waals surface area contributed by atoms with Crippen LogP contribution in [0.3, 0.4) is 0 Å². The number of hydrogen-bond donors (Lipinski definition) is 0. The lowest BCUT2D eigenvalue weighted by molar-refractivity contribution is 1.78. The molecule has 0 nitrogen and oxygen atoms in total. The van der Waals surface area contributed by atoms with Crippen molar-refractivity contribution in [2.75, 3.05) is 0 Å². The Morgan fingerprint density at radius 2 is 0.800 bits per heavy atom. The fourth-order valence-electron chi connectivity index (χ4n) is 5.15. The van der Waals surface area contributed by atoms with Crippen molar-refractivity contribution in [3.63, 3.8) is 0 Å². The summed E-state index contributed by atoms with van der Waals surface area (Å²) >= 11 is 0. The quantitative estimate of drug-likeness (QED) is 0.183. The Labute approximate surface area is 174 Å². The average Bonchev–Trinajstić information content (AvgIpc) is 2.81. The van der Waals surface area contributed by atoms with Crippen LogP contribution in [0.4, 0.5) is 0 Å². The Hall–Kier alpha value is -3.90. The zero-order valence-corrected chi connectivity index (χ0v) is 16.4. The van der Waals surface area contributed by atoms with Crippen molar-refractivity contribution in [1.29, 1.82) is 0 Å². The molecule has 0 aliphatic rings. The van der Waals surface area contributed by atoms with Gasteiger partial charge in [0.25, 0.3) is 0 Å². The maximum atomic E-state index is 2.34. The van der Waals surface area contributed by atoms with Crippen molar-refractivity contribution < 1.29 is 0 Å². The fourth-order valence-corrected chi connectivity index (χ4v) is 5.15. The topological polar surface area (TPSA) is 0 Å². The summed E-state index contributed by atoms with van der Waals surface area (Å²) in [4.78, 5) is 0. The molecular formula is C30H18. The molecule has 0 heteroatoms. The lowest BCUT2D eigenvalue weighted by Gasteiger charge is -2.12. The highest BCUT2D eigenvalue weighted by Gasteiger charge is 2.10. The SMILES string of the molecule is c1ccc2cc3c(ccc4c3ccc3c4ccc4ccc5ccccc5c43)cc2c1. The third-order valence-corrected chi connectivity index (χ3v) is 6.58. The second kappa shape index (κ2) is 5.81. The minimum atomic E-state index is 1.29. The molecule has 0 saturated carbocycles. The summed E-state index contributed by atoms with van der Waals surface area (Å²) in [5.41, 5.74) is 0. The van der Waals surface area contributed by atoms with Crippen LogP contribution in [0.2, 0.25) is 0 Å². The van der Waals surface area contributed by atoms with Gasteiger partial charge in [-0.15, -0.1) is 0 Å². The van der Waals surface area contributed by atoms with Crippen LogP contribution < -0.4 is 0 Å². The van der Waals surface area contributed by atoms with Crippen molar-refractivity contribution in [2.24, 2.45) is 0 Å². The highest BCUT2D eigenvalue weighted by molar-refractivity contribution is 6.27. The van der Waals surface area contributed by atoms with Gasteiger partial charge < -0.3 is 0 Å². The average molecular weight is 378 g/mol. The second-order valence-electron chi connectivity index (χ2n) is 8.19. The van der Waals surface area contributed by atoms with Gasteiger partial charge in [-0.1, -0.05) is 97.1 Å². The lowest BCUT2D eigenvalue weighted by Crippen LogP contribution is -1.85. The normalized spacial score (nSPS) is 12.0. The molecule has 7 aromatic carbocycles. The minimum Gasteiger partial charge on any atom is -0.0616 e. The van der Waals surface area contributed by atoms with Crippen molar-refractivity contribution in [3.05, 3.63) is 109 Å². The molecule has 0 spiro atoms. The fraction of sp³-hybridized carbons (Fsp3) is 0. The van der Waals surface area contributed by atoms with Gasteiger partial charge in [-0.2, -0.15) is 0 Å². The van der Waals surface area contributed by atoms with Gasteiger partial charge in [0, 0.05) is 0 Å². The van der Waals surface area contributed by atoms with E-state index in [0.717, 1.165) is 0 Å². The molecule has 0 unspecified atom stereocenters. The first-order valence-corrected chi connectivity index (χ1v) is 10.5. The lowest BCUT2D eigenvalue weighted by atomic mass is 9.91. The molecule has 0 bridgehead atoms. The zero-order valence-electron chi connectivity index (χ0n) is 16.4.